The molecule has 0 aromatic heterocycles. The first-order chi connectivity index (χ1) is 11.6. The van der Waals surface area contributed by atoms with E-state index in [-0.39, 0.29) is 18.0 Å². The summed E-state index contributed by atoms with van der Waals surface area (Å²) in [5, 5.41) is 3.00. The van der Waals surface area contributed by atoms with Gasteiger partial charge in [0.2, 0.25) is 0 Å². The Morgan fingerprint density at radius 3 is 2.58 bits per heavy atom. The number of nitrogens with one attached hydrogen (secondary N) is 1. The van der Waals surface area contributed by atoms with Crippen LogP contribution in [0, 0.1) is 0 Å². The number of imide groups is 1. The third-order valence-corrected chi connectivity index (χ3v) is 6.04. The van der Waals surface area contributed by atoms with Gasteiger partial charge in [-0.2, -0.15) is 0 Å². The van der Waals surface area contributed by atoms with E-state index >= 15 is 0 Å². The molecule has 5 nitrogen and oxygen atoms in total. The number of likely N-dealkylation sites (tertiary alicyclic amines) is 1. The minimum absolute atomic E-state index is 0.00337. The first-order valence-electron chi connectivity index (χ1n) is 9.05. The van der Waals surface area contributed by atoms with Crippen molar-refractivity contribution in [1.82, 2.24) is 15.1 Å². The van der Waals surface area contributed by atoms with Crippen LogP contribution in [-0.4, -0.2) is 46.4 Å². The highest BCUT2D eigenvalue weighted by molar-refractivity contribution is 6.07. The molecular weight excluding hydrogens is 302 g/mol. The van der Waals surface area contributed by atoms with Crippen molar-refractivity contribution in [2.45, 2.75) is 56.7 Å². The number of amides is 3. The monoisotopic (exact) mass is 327 g/mol. The van der Waals surface area contributed by atoms with E-state index in [0.29, 0.717) is 6.04 Å². The Labute approximate surface area is 143 Å². The van der Waals surface area contributed by atoms with Crippen LogP contribution in [0.1, 0.15) is 50.6 Å². The summed E-state index contributed by atoms with van der Waals surface area (Å²) in [4.78, 5) is 29.3. The van der Waals surface area contributed by atoms with E-state index < -0.39 is 5.54 Å². The third kappa shape index (κ3) is 2.42. The van der Waals surface area contributed by atoms with E-state index in [4.69, 9.17) is 0 Å². The minimum Gasteiger partial charge on any atom is -0.323 e. The highest BCUT2D eigenvalue weighted by Crippen LogP contribution is 2.37. The first-order valence-corrected chi connectivity index (χ1v) is 9.05. The number of hydrogen-bond acceptors (Lipinski definition) is 3. The Morgan fingerprint density at radius 1 is 1.17 bits per heavy atom. The average Bonchev–Trinajstić information content (AvgIpc) is 3.30. The first kappa shape index (κ1) is 15.6. The van der Waals surface area contributed by atoms with Gasteiger partial charge in [0.25, 0.3) is 5.91 Å². The van der Waals surface area contributed by atoms with E-state index in [9.17, 15) is 9.59 Å². The predicted molar refractivity (Wildman–Crippen MR) is 91.4 cm³/mol. The Bertz CT molecular complexity index is 639. The van der Waals surface area contributed by atoms with Crippen LogP contribution in [0.3, 0.4) is 0 Å². The van der Waals surface area contributed by atoms with Crippen LogP contribution in [0.15, 0.2) is 30.3 Å². The van der Waals surface area contributed by atoms with E-state index in [2.05, 4.69) is 41.4 Å². The molecule has 24 heavy (non-hydrogen) atoms. The number of carbonyl (C=O) groups is 2. The molecule has 1 aliphatic carbocycles. The predicted octanol–water partition coefficient (Wildman–Crippen LogP) is 2.69. The molecule has 1 aromatic rings. The maximum Gasteiger partial charge on any atom is 0.325 e. The Kier molecular flexibility index (Phi) is 3.83. The van der Waals surface area contributed by atoms with Gasteiger partial charge in [-0.15, -0.1) is 0 Å². The number of hydrogen-bond donors (Lipinski definition) is 1. The molecule has 4 rings (SSSR count). The zero-order chi connectivity index (χ0) is 16.7. The summed E-state index contributed by atoms with van der Waals surface area (Å²) in [5.74, 6) is 0.0178. The van der Waals surface area contributed by atoms with Crippen LogP contribution in [0.2, 0.25) is 0 Å². The van der Waals surface area contributed by atoms with Gasteiger partial charge in [0.1, 0.15) is 5.54 Å². The van der Waals surface area contributed by atoms with Crippen molar-refractivity contribution in [2.75, 3.05) is 13.1 Å². The van der Waals surface area contributed by atoms with E-state index in [0.717, 1.165) is 45.2 Å². The topological polar surface area (TPSA) is 52.6 Å². The van der Waals surface area contributed by atoms with Crippen LogP contribution in [0.4, 0.5) is 4.79 Å². The summed E-state index contributed by atoms with van der Waals surface area (Å²) >= 11 is 0. The fourth-order valence-electron chi connectivity index (χ4n) is 4.56. The summed E-state index contributed by atoms with van der Waals surface area (Å²) in [5.41, 5.74) is 0.692. The van der Waals surface area contributed by atoms with Crippen LogP contribution in [0.5, 0.6) is 0 Å². The summed E-state index contributed by atoms with van der Waals surface area (Å²) < 4.78 is 0. The maximum atomic E-state index is 12.9. The van der Waals surface area contributed by atoms with Gasteiger partial charge < -0.3 is 5.32 Å². The normalized spacial score (nSPS) is 27.9. The van der Waals surface area contributed by atoms with Gasteiger partial charge >= 0.3 is 6.03 Å². The second-order valence-electron chi connectivity index (χ2n) is 7.42. The molecule has 3 fully saturated rings. The molecule has 1 aromatic carbocycles. The molecule has 2 unspecified atom stereocenters. The standard InChI is InChI=1S/C19H25N3O2/c1-14(15-7-3-2-4-8-15)21-12-9-16(13-21)22-17(23)19(20-18(22)24)10-5-6-11-19/h2-4,7-8,14,16H,5-6,9-13H2,1H3,(H,20,24). The fraction of sp³-hybridized carbons (Fsp3) is 0.579. The number of urea groups is 1. The molecule has 2 saturated heterocycles. The van der Waals surface area contributed by atoms with Crippen molar-refractivity contribution in [3.63, 3.8) is 0 Å². The van der Waals surface area contributed by atoms with E-state index in [1.807, 2.05) is 6.07 Å². The van der Waals surface area contributed by atoms with Crippen LogP contribution >= 0.6 is 0 Å². The molecular formula is C19H25N3O2. The number of carbonyl (C=O) groups excluding carboxylic acids is 2. The quantitative estimate of drug-likeness (QED) is 0.869. The van der Waals surface area contributed by atoms with Gasteiger partial charge in [0.05, 0.1) is 6.04 Å². The summed E-state index contributed by atoms with van der Waals surface area (Å²) in [6, 6.07) is 10.5. The van der Waals surface area contributed by atoms with Crippen molar-refractivity contribution < 1.29 is 9.59 Å². The Morgan fingerprint density at radius 2 is 1.88 bits per heavy atom. The number of rotatable bonds is 3. The van der Waals surface area contributed by atoms with Gasteiger partial charge in [-0.05, 0) is 31.7 Å². The lowest BCUT2D eigenvalue weighted by Crippen LogP contribution is -2.46. The summed E-state index contributed by atoms with van der Waals surface area (Å²) in [6.45, 7) is 3.89. The lowest BCUT2D eigenvalue weighted by molar-refractivity contribution is -0.132. The smallest absolute Gasteiger partial charge is 0.323 e. The molecule has 2 atom stereocenters. The molecule has 0 bridgehead atoms. The second kappa shape index (κ2) is 5.88. The molecule has 1 saturated carbocycles. The minimum atomic E-state index is -0.588. The van der Waals surface area contributed by atoms with Crippen molar-refractivity contribution in [2.24, 2.45) is 0 Å². The molecule has 2 heterocycles. The number of nitrogens with zero attached hydrogens (tertiary/aromatic N) is 2. The Balaban J connectivity index is 1.47. The average molecular weight is 327 g/mol. The van der Waals surface area contributed by atoms with Gasteiger partial charge in [-0.1, -0.05) is 43.2 Å². The van der Waals surface area contributed by atoms with Gasteiger partial charge in [0, 0.05) is 19.1 Å². The van der Waals surface area contributed by atoms with Gasteiger partial charge in [-0.25, -0.2) is 4.79 Å². The molecule has 1 N–H and O–H groups in total. The molecule has 3 aliphatic rings. The van der Waals surface area contributed by atoms with Crippen molar-refractivity contribution in [1.29, 1.82) is 0 Å². The SMILES string of the molecule is CC(c1ccccc1)N1CCC(N2C(=O)NC3(CCCC3)C2=O)C1. The molecule has 3 amide bonds. The molecule has 1 spiro atoms. The number of benzene rings is 1. The zero-order valence-corrected chi connectivity index (χ0v) is 14.2. The van der Waals surface area contributed by atoms with Crippen LogP contribution in [-0.2, 0) is 4.79 Å². The van der Waals surface area contributed by atoms with Crippen molar-refractivity contribution in [3.05, 3.63) is 35.9 Å². The molecule has 2 aliphatic heterocycles. The summed E-state index contributed by atoms with van der Waals surface area (Å²) in [6.07, 6.45) is 4.52. The highest BCUT2D eigenvalue weighted by Gasteiger charge is 2.54. The van der Waals surface area contributed by atoms with Crippen molar-refractivity contribution in [3.8, 4) is 0 Å². The molecule has 5 heteroatoms. The highest BCUT2D eigenvalue weighted by atomic mass is 16.2. The lowest BCUT2D eigenvalue weighted by atomic mass is 9.97. The van der Waals surface area contributed by atoms with Gasteiger partial charge in [0.15, 0.2) is 0 Å². The van der Waals surface area contributed by atoms with Crippen LogP contribution in [0.25, 0.3) is 0 Å². The van der Waals surface area contributed by atoms with Gasteiger partial charge in [-0.3, -0.25) is 14.6 Å². The van der Waals surface area contributed by atoms with E-state index in [1.54, 1.807) is 0 Å². The summed E-state index contributed by atoms with van der Waals surface area (Å²) in [7, 11) is 0. The Hall–Kier alpha value is -1.88. The molecule has 0 radical (unpaired) electrons. The second-order valence-corrected chi connectivity index (χ2v) is 7.42. The largest absolute Gasteiger partial charge is 0.325 e. The van der Waals surface area contributed by atoms with Crippen LogP contribution < -0.4 is 5.32 Å². The third-order valence-electron chi connectivity index (χ3n) is 6.04. The van der Waals surface area contributed by atoms with E-state index in [1.165, 1.54) is 10.5 Å². The molecule has 128 valence electrons. The fourth-order valence-corrected chi connectivity index (χ4v) is 4.56. The lowest BCUT2D eigenvalue weighted by Gasteiger charge is -2.27. The van der Waals surface area contributed by atoms with Crippen molar-refractivity contribution >= 4 is 11.9 Å². The maximum absolute atomic E-state index is 12.9. The zero-order valence-electron chi connectivity index (χ0n) is 14.2.